The van der Waals surface area contributed by atoms with Crippen LogP contribution in [0.4, 0.5) is 5.82 Å². The van der Waals surface area contributed by atoms with Crippen molar-refractivity contribution in [2.75, 3.05) is 24.6 Å². The quantitative estimate of drug-likeness (QED) is 0.244. The Morgan fingerprint density at radius 3 is 2.54 bits per heavy atom. The van der Waals surface area contributed by atoms with E-state index in [2.05, 4.69) is 40.8 Å². The second-order valence-electron chi connectivity index (χ2n) is 10.8. The Hall–Kier alpha value is -4.89. The molecule has 0 spiro atoms. The Kier molecular flexibility index (Phi) is 8.89. The van der Waals surface area contributed by atoms with Crippen LogP contribution in [-0.2, 0) is 4.79 Å². The zero-order valence-electron chi connectivity index (χ0n) is 23.6. The summed E-state index contributed by atoms with van der Waals surface area (Å²) in [6, 6.07) is 10.1. The number of nitriles is 2. The van der Waals surface area contributed by atoms with Gasteiger partial charge in [0.2, 0.25) is 0 Å². The minimum Gasteiger partial charge on any atom is -0.490 e. The molecule has 0 atom stereocenters. The van der Waals surface area contributed by atoms with Crippen molar-refractivity contribution in [3.63, 3.8) is 0 Å². The summed E-state index contributed by atoms with van der Waals surface area (Å²) in [5, 5.41) is 22.1. The molecule has 1 saturated carbocycles. The largest absolute Gasteiger partial charge is 0.490 e. The van der Waals surface area contributed by atoms with Crippen LogP contribution in [0.5, 0.6) is 5.75 Å². The number of carbonyl (C=O) groups excluding carboxylic acids is 1. The molecule has 1 aliphatic heterocycles. The van der Waals surface area contributed by atoms with Crippen molar-refractivity contribution < 1.29 is 9.53 Å². The number of hydrogen-bond donors (Lipinski definition) is 2. The molecule has 2 aliphatic rings. The van der Waals surface area contributed by atoms with Crippen LogP contribution in [0, 0.1) is 28.1 Å². The first kappa shape index (κ1) is 29.1. The molecular formula is C32H35N7O2. The number of rotatable bonds is 10. The highest BCUT2D eigenvalue weighted by Crippen LogP contribution is 2.45. The highest BCUT2D eigenvalue weighted by Gasteiger charge is 2.44. The predicted octanol–water partition coefficient (Wildman–Crippen LogP) is 4.81. The Morgan fingerprint density at radius 2 is 1.95 bits per heavy atom. The topological polar surface area (TPSA) is 141 Å². The minimum absolute atomic E-state index is 0.164. The van der Waals surface area contributed by atoms with Crippen LogP contribution in [0.15, 0.2) is 73.2 Å². The van der Waals surface area contributed by atoms with E-state index >= 15 is 0 Å². The smallest absolute Gasteiger partial charge is 0.251 e. The summed E-state index contributed by atoms with van der Waals surface area (Å²) in [6.07, 6.45) is 15.0. The van der Waals surface area contributed by atoms with Gasteiger partial charge in [0.05, 0.1) is 28.9 Å². The lowest BCUT2D eigenvalue weighted by Crippen LogP contribution is -2.53. The molecular weight excluding hydrogens is 514 g/mol. The molecule has 2 fully saturated rings. The number of aromatic nitrogens is 2. The SMILES string of the molecule is C=C(/C=C\C=C/C)C(=O)NC1(C)CCN(c2ccc(-c3cc(OCC4(C#N)CC4)cnc3C(C#N)=CN)cn2)CC1. The first-order chi connectivity index (χ1) is 19.7. The standard InChI is InChI=1S/C32H35N7O2/c1-4-5-6-7-23(2)30(40)38-31(3)12-14-39(15-13-31)28-9-8-24(19-36-28)27-16-26(41-22-32(21-35)10-11-32)20-37-29(27)25(17-33)18-34/h4-9,16-17,19-20H,2,10-15,22,33H2,1,3H3,(H,38,40)/b5-4-,7-6-,25-17?. The van der Waals surface area contributed by atoms with Crippen molar-refractivity contribution in [2.24, 2.45) is 11.1 Å². The van der Waals surface area contributed by atoms with Gasteiger partial charge in [0.1, 0.15) is 24.2 Å². The molecule has 1 saturated heterocycles. The van der Waals surface area contributed by atoms with E-state index in [-0.39, 0.29) is 17.0 Å². The fourth-order valence-corrected chi connectivity index (χ4v) is 4.59. The second kappa shape index (κ2) is 12.5. The normalized spacial score (nSPS) is 17.6. The molecule has 41 heavy (non-hydrogen) atoms. The minimum atomic E-state index is -0.415. The Morgan fingerprint density at radius 1 is 1.20 bits per heavy atom. The lowest BCUT2D eigenvalue weighted by Gasteiger charge is -2.40. The van der Waals surface area contributed by atoms with Gasteiger partial charge in [0.15, 0.2) is 0 Å². The van der Waals surface area contributed by atoms with Crippen molar-refractivity contribution in [3.8, 4) is 29.0 Å². The number of nitrogens with zero attached hydrogens (tertiary/aromatic N) is 5. The summed E-state index contributed by atoms with van der Waals surface area (Å²) in [7, 11) is 0. The fourth-order valence-electron chi connectivity index (χ4n) is 4.59. The lowest BCUT2D eigenvalue weighted by atomic mass is 9.89. The summed E-state index contributed by atoms with van der Waals surface area (Å²) >= 11 is 0. The predicted molar refractivity (Wildman–Crippen MR) is 159 cm³/mol. The van der Waals surface area contributed by atoms with Crippen molar-refractivity contribution in [1.29, 1.82) is 10.5 Å². The molecule has 2 aromatic rings. The molecule has 0 radical (unpaired) electrons. The average Bonchev–Trinajstić information content (AvgIpc) is 3.78. The zero-order chi connectivity index (χ0) is 29.5. The molecule has 4 rings (SSSR count). The third-order valence-electron chi connectivity index (χ3n) is 7.57. The van der Waals surface area contributed by atoms with Gasteiger partial charge in [-0.25, -0.2) is 4.98 Å². The van der Waals surface area contributed by atoms with Crippen molar-refractivity contribution in [1.82, 2.24) is 15.3 Å². The number of piperidine rings is 1. The van der Waals surface area contributed by atoms with E-state index in [4.69, 9.17) is 15.5 Å². The van der Waals surface area contributed by atoms with Gasteiger partial charge in [-0.3, -0.25) is 9.78 Å². The third kappa shape index (κ3) is 7.01. The number of nitrogens with two attached hydrogens (primary N) is 1. The summed E-state index contributed by atoms with van der Waals surface area (Å²) in [5.41, 5.74) is 7.48. The maximum absolute atomic E-state index is 12.6. The van der Waals surface area contributed by atoms with Gasteiger partial charge in [0.25, 0.3) is 5.91 Å². The Labute approximate surface area is 241 Å². The number of allylic oxidation sites excluding steroid dienone is 4. The molecule has 0 bridgehead atoms. The number of hydrogen-bond acceptors (Lipinski definition) is 8. The van der Waals surface area contributed by atoms with Gasteiger partial charge in [0, 0.05) is 47.7 Å². The molecule has 3 heterocycles. The molecule has 2 aromatic heterocycles. The van der Waals surface area contributed by atoms with E-state index in [0.717, 1.165) is 50.2 Å². The summed E-state index contributed by atoms with van der Waals surface area (Å²) < 4.78 is 5.90. The number of pyridine rings is 2. The van der Waals surface area contributed by atoms with E-state index < -0.39 is 5.41 Å². The highest BCUT2D eigenvalue weighted by atomic mass is 16.5. The van der Waals surface area contributed by atoms with Crippen LogP contribution in [0.3, 0.4) is 0 Å². The van der Waals surface area contributed by atoms with Crippen molar-refractivity contribution >= 4 is 17.3 Å². The van der Waals surface area contributed by atoms with Crippen LogP contribution in [0.25, 0.3) is 16.7 Å². The highest BCUT2D eigenvalue weighted by molar-refractivity contribution is 5.96. The van der Waals surface area contributed by atoms with E-state index in [1.54, 1.807) is 24.5 Å². The maximum Gasteiger partial charge on any atom is 0.251 e. The number of nitrogens with one attached hydrogen (secondary N) is 1. The number of anilines is 1. The first-order valence-electron chi connectivity index (χ1n) is 13.6. The van der Waals surface area contributed by atoms with E-state index in [0.29, 0.717) is 29.2 Å². The molecule has 9 heteroatoms. The van der Waals surface area contributed by atoms with E-state index in [1.165, 1.54) is 6.20 Å². The fraction of sp³-hybridized carbons (Fsp3) is 0.344. The van der Waals surface area contributed by atoms with Crippen LogP contribution in [0.1, 0.15) is 45.2 Å². The monoisotopic (exact) mass is 549 g/mol. The van der Waals surface area contributed by atoms with Crippen molar-refractivity contribution in [3.05, 3.63) is 78.9 Å². The van der Waals surface area contributed by atoms with Gasteiger partial charge >= 0.3 is 0 Å². The summed E-state index contributed by atoms with van der Waals surface area (Å²) in [5.74, 6) is 1.17. The van der Waals surface area contributed by atoms with Gasteiger partial charge in [-0.1, -0.05) is 30.9 Å². The Bertz CT molecular complexity index is 1460. The van der Waals surface area contributed by atoms with Crippen LogP contribution < -0.4 is 20.7 Å². The van der Waals surface area contributed by atoms with Crippen LogP contribution >= 0.6 is 0 Å². The molecule has 9 nitrogen and oxygen atoms in total. The van der Waals surface area contributed by atoms with Gasteiger partial charge in [-0.15, -0.1) is 0 Å². The number of carbonyl (C=O) groups is 1. The Balaban J connectivity index is 1.46. The average molecular weight is 550 g/mol. The second-order valence-corrected chi connectivity index (χ2v) is 10.8. The first-order valence-corrected chi connectivity index (χ1v) is 13.6. The van der Waals surface area contributed by atoms with Crippen LogP contribution in [-0.4, -0.2) is 41.1 Å². The molecule has 1 amide bonds. The van der Waals surface area contributed by atoms with Gasteiger partial charge in [-0.05, 0) is 57.7 Å². The molecule has 1 aliphatic carbocycles. The van der Waals surface area contributed by atoms with Crippen molar-refractivity contribution in [2.45, 2.75) is 45.1 Å². The lowest BCUT2D eigenvalue weighted by molar-refractivity contribution is -0.119. The molecule has 3 N–H and O–H groups in total. The van der Waals surface area contributed by atoms with Gasteiger partial charge < -0.3 is 20.7 Å². The number of amides is 1. The summed E-state index contributed by atoms with van der Waals surface area (Å²) in [4.78, 5) is 24.0. The van der Waals surface area contributed by atoms with Gasteiger partial charge in [-0.2, -0.15) is 10.5 Å². The van der Waals surface area contributed by atoms with Crippen LogP contribution in [0.2, 0.25) is 0 Å². The molecule has 0 aromatic carbocycles. The molecule has 210 valence electrons. The van der Waals surface area contributed by atoms with E-state index in [9.17, 15) is 15.3 Å². The van der Waals surface area contributed by atoms with E-state index in [1.807, 2.05) is 37.3 Å². The summed E-state index contributed by atoms with van der Waals surface area (Å²) in [6.45, 7) is 9.61. The number of ether oxygens (including phenoxy) is 1. The maximum atomic E-state index is 12.6. The zero-order valence-corrected chi connectivity index (χ0v) is 23.6. The third-order valence-corrected chi connectivity index (χ3v) is 7.57. The molecule has 0 unspecified atom stereocenters.